The number of hydrogen-bond donors (Lipinski definition) is 0. The van der Waals surface area contributed by atoms with E-state index in [0.29, 0.717) is 13.0 Å². The molecule has 0 aromatic heterocycles. The Morgan fingerprint density at radius 1 is 1.17 bits per heavy atom. The highest BCUT2D eigenvalue weighted by Crippen LogP contribution is 2.21. The second-order valence-corrected chi connectivity index (χ2v) is 3.98. The highest BCUT2D eigenvalue weighted by atomic mass is 15.1. The first-order valence-electron chi connectivity index (χ1n) is 5.81. The lowest BCUT2D eigenvalue weighted by atomic mass is 10.0. The van der Waals surface area contributed by atoms with Crippen molar-refractivity contribution in [3.8, 4) is 11.8 Å². The molecule has 3 heteroatoms. The van der Waals surface area contributed by atoms with Gasteiger partial charge in [-0.3, -0.25) is 0 Å². The van der Waals surface area contributed by atoms with Gasteiger partial charge < -0.3 is 0 Å². The summed E-state index contributed by atoms with van der Waals surface area (Å²) < 4.78 is 0. The van der Waals surface area contributed by atoms with E-state index in [-0.39, 0.29) is 0 Å². The highest BCUT2D eigenvalue weighted by molar-refractivity contribution is 5.90. The van der Waals surface area contributed by atoms with Gasteiger partial charge in [0.05, 0.1) is 0 Å². The Hall–Kier alpha value is -2.43. The molecule has 2 aromatic rings. The lowest BCUT2D eigenvalue weighted by molar-refractivity contribution is 1.01. The molecule has 0 aliphatic carbocycles. The number of hydrogen-bond acceptors (Lipinski definition) is 1. The minimum absolute atomic E-state index is 0.424. The number of nitrogens with zero attached hydrogens (tertiary/aromatic N) is 3. The van der Waals surface area contributed by atoms with Crippen LogP contribution in [0, 0.1) is 18.8 Å². The molecule has 2 rings (SSSR count). The van der Waals surface area contributed by atoms with Gasteiger partial charge in [0, 0.05) is 23.4 Å². The van der Waals surface area contributed by atoms with Crippen LogP contribution in [0.15, 0.2) is 41.5 Å². The second-order valence-electron chi connectivity index (χ2n) is 3.98. The van der Waals surface area contributed by atoms with Crippen LogP contribution in [0.25, 0.3) is 21.2 Å². The largest absolute Gasteiger partial charge is 0.0977 e. The molecule has 0 radical (unpaired) electrons. The molecule has 0 unspecified atom stereocenters. The smallest absolute Gasteiger partial charge is 0.0367 e. The predicted molar refractivity (Wildman–Crippen MR) is 74.2 cm³/mol. The Bertz CT molecular complexity index is 671. The number of fused-ring (bicyclic) bond motifs is 1. The molecule has 0 aliphatic rings. The summed E-state index contributed by atoms with van der Waals surface area (Å²) in [6, 6.07) is 12.4. The molecule has 3 nitrogen and oxygen atoms in total. The van der Waals surface area contributed by atoms with E-state index < -0.39 is 0 Å². The van der Waals surface area contributed by atoms with Gasteiger partial charge in [0.15, 0.2) is 0 Å². The number of azide groups is 1. The molecule has 0 aliphatic heterocycles. The van der Waals surface area contributed by atoms with E-state index in [1.54, 1.807) is 0 Å². The molecule has 88 valence electrons. The summed E-state index contributed by atoms with van der Waals surface area (Å²) in [6.07, 6.45) is 0.590. The zero-order valence-corrected chi connectivity index (χ0v) is 10.2. The van der Waals surface area contributed by atoms with Crippen LogP contribution in [-0.4, -0.2) is 6.54 Å². The second kappa shape index (κ2) is 5.77. The predicted octanol–water partition coefficient (Wildman–Crippen LogP) is 4.20. The summed E-state index contributed by atoms with van der Waals surface area (Å²) in [5.74, 6) is 6.17. The molecule has 0 atom stereocenters. The molecular formula is C15H13N3. The zero-order chi connectivity index (χ0) is 12.8. The number of benzene rings is 2. The van der Waals surface area contributed by atoms with E-state index >= 15 is 0 Å². The third-order valence-corrected chi connectivity index (χ3v) is 2.77. The fraction of sp³-hybridized carbons (Fsp3) is 0.200. The van der Waals surface area contributed by atoms with Gasteiger partial charge in [0.25, 0.3) is 0 Å². The summed E-state index contributed by atoms with van der Waals surface area (Å²) in [5, 5.41) is 5.87. The van der Waals surface area contributed by atoms with E-state index in [0.717, 1.165) is 5.56 Å². The molecule has 18 heavy (non-hydrogen) atoms. The van der Waals surface area contributed by atoms with Gasteiger partial charge >= 0.3 is 0 Å². The van der Waals surface area contributed by atoms with Crippen LogP contribution >= 0.6 is 0 Å². The summed E-state index contributed by atoms with van der Waals surface area (Å²) >= 11 is 0. The van der Waals surface area contributed by atoms with Crippen LogP contribution in [0.3, 0.4) is 0 Å². The summed E-state index contributed by atoms with van der Waals surface area (Å²) in [4.78, 5) is 2.70. The fourth-order valence-electron chi connectivity index (χ4n) is 1.87. The number of rotatable bonds is 2. The third-order valence-electron chi connectivity index (χ3n) is 2.77. The van der Waals surface area contributed by atoms with Crippen molar-refractivity contribution in [2.45, 2.75) is 13.3 Å². The van der Waals surface area contributed by atoms with E-state index in [9.17, 15) is 0 Å². The Morgan fingerprint density at radius 2 is 1.94 bits per heavy atom. The van der Waals surface area contributed by atoms with Crippen LogP contribution in [-0.2, 0) is 0 Å². The summed E-state index contributed by atoms with van der Waals surface area (Å²) in [6.45, 7) is 2.52. The van der Waals surface area contributed by atoms with Crippen LogP contribution in [0.5, 0.6) is 0 Å². The average molecular weight is 235 g/mol. The monoisotopic (exact) mass is 235 g/mol. The molecule has 0 amide bonds. The van der Waals surface area contributed by atoms with Gasteiger partial charge in [-0.25, -0.2) is 0 Å². The minimum Gasteiger partial charge on any atom is -0.0977 e. The van der Waals surface area contributed by atoms with E-state index in [4.69, 9.17) is 5.53 Å². The van der Waals surface area contributed by atoms with Crippen LogP contribution in [0.2, 0.25) is 0 Å². The first kappa shape index (κ1) is 12.0. The van der Waals surface area contributed by atoms with Gasteiger partial charge in [-0.05, 0) is 34.9 Å². The van der Waals surface area contributed by atoms with Gasteiger partial charge in [0.1, 0.15) is 0 Å². The van der Waals surface area contributed by atoms with Crippen LogP contribution in [0.1, 0.15) is 17.5 Å². The van der Waals surface area contributed by atoms with Crippen molar-refractivity contribution in [2.24, 2.45) is 5.11 Å². The molecule has 0 fully saturated rings. The Labute approximate surface area is 106 Å². The topological polar surface area (TPSA) is 48.8 Å². The molecule has 0 heterocycles. The Kier molecular flexibility index (Phi) is 3.86. The zero-order valence-electron chi connectivity index (χ0n) is 10.2. The lowest BCUT2D eigenvalue weighted by Crippen LogP contribution is -1.83. The van der Waals surface area contributed by atoms with Gasteiger partial charge in [-0.1, -0.05) is 47.3 Å². The minimum atomic E-state index is 0.424. The molecule has 2 aromatic carbocycles. The third kappa shape index (κ3) is 2.63. The van der Waals surface area contributed by atoms with Crippen molar-refractivity contribution in [3.05, 3.63) is 58.0 Å². The van der Waals surface area contributed by atoms with Crippen molar-refractivity contribution in [1.29, 1.82) is 0 Å². The molecule has 0 bridgehead atoms. The molecule has 0 N–H and O–H groups in total. The summed E-state index contributed by atoms with van der Waals surface area (Å²) in [7, 11) is 0. The lowest BCUT2D eigenvalue weighted by Gasteiger charge is -2.03. The Morgan fingerprint density at radius 3 is 2.72 bits per heavy atom. The quantitative estimate of drug-likeness (QED) is 0.246. The van der Waals surface area contributed by atoms with Gasteiger partial charge in [-0.2, -0.15) is 0 Å². The SMILES string of the molecule is Cc1ccc(C#CCCN=[N+]=[N-])c2ccccc12. The van der Waals surface area contributed by atoms with E-state index in [1.807, 2.05) is 18.2 Å². The molecular weight excluding hydrogens is 222 g/mol. The first-order valence-corrected chi connectivity index (χ1v) is 5.81. The molecule has 0 spiro atoms. The highest BCUT2D eigenvalue weighted by Gasteiger charge is 1.99. The average Bonchev–Trinajstić information content (AvgIpc) is 2.41. The molecule has 0 saturated heterocycles. The van der Waals surface area contributed by atoms with Crippen molar-refractivity contribution in [1.82, 2.24) is 0 Å². The maximum Gasteiger partial charge on any atom is 0.0367 e. The van der Waals surface area contributed by atoms with Gasteiger partial charge in [0.2, 0.25) is 0 Å². The first-order chi connectivity index (χ1) is 8.83. The van der Waals surface area contributed by atoms with Crippen LogP contribution < -0.4 is 0 Å². The van der Waals surface area contributed by atoms with E-state index in [2.05, 4.69) is 47.0 Å². The Balaban J connectivity index is 2.34. The number of aryl methyl sites for hydroxylation is 1. The maximum atomic E-state index is 8.16. The standard InChI is InChI=1S/C15H13N3/c1-12-9-10-13(6-4-5-11-17-18-16)15-8-3-2-7-14(12)15/h2-3,7-10H,5,11H2,1H3. The normalized spacial score (nSPS) is 9.39. The fourth-order valence-corrected chi connectivity index (χ4v) is 1.87. The maximum absolute atomic E-state index is 8.16. The van der Waals surface area contributed by atoms with Crippen molar-refractivity contribution in [3.63, 3.8) is 0 Å². The van der Waals surface area contributed by atoms with Crippen molar-refractivity contribution >= 4 is 10.8 Å². The van der Waals surface area contributed by atoms with Crippen LogP contribution in [0.4, 0.5) is 0 Å². The van der Waals surface area contributed by atoms with Crippen molar-refractivity contribution < 1.29 is 0 Å². The van der Waals surface area contributed by atoms with Gasteiger partial charge in [-0.15, -0.1) is 0 Å². The molecule has 0 saturated carbocycles. The van der Waals surface area contributed by atoms with Crippen molar-refractivity contribution in [2.75, 3.05) is 6.54 Å². The summed E-state index contributed by atoms with van der Waals surface area (Å²) in [5.41, 5.74) is 10.4. The van der Waals surface area contributed by atoms with E-state index in [1.165, 1.54) is 16.3 Å².